The van der Waals surface area contributed by atoms with Crippen LogP contribution in [-0.4, -0.2) is 81.1 Å². The Kier molecular flexibility index (Phi) is 11.4. The van der Waals surface area contributed by atoms with Crippen molar-refractivity contribution in [2.45, 2.75) is 57.4 Å². The number of rotatable bonds is 12. The van der Waals surface area contributed by atoms with Crippen LogP contribution >= 0.6 is 0 Å². The van der Waals surface area contributed by atoms with Gasteiger partial charge in [-0.1, -0.05) is 12.0 Å². The maximum Gasteiger partial charge on any atom is 0.406 e. The first kappa shape index (κ1) is 33.0. The van der Waals surface area contributed by atoms with Gasteiger partial charge in [-0.25, -0.2) is 0 Å². The van der Waals surface area contributed by atoms with Crippen molar-refractivity contribution in [3.8, 4) is 17.6 Å². The van der Waals surface area contributed by atoms with Crippen molar-refractivity contribution in [2.24, 2.45) is 0 Å². The van der Waals surface area contributed by atoms with Gasteiger partial charge in [0, 0.05) is 48.9 Å². The number of amides is 1. The fourth-order valence-electron chi connectivity index (χ4n) is 5.68. The molecule has 0 radical (unpaired) electrons. The molecule has 8 nitrogen and oxygen atoms in total. The smallest absolute Gasteiger partial charge is 0.406 e. The number of carbonyl (C=O) groups excluding carboxylic acids is 1. The highest BCUT2D eigenvalue weighted by Gasteiger charge is 2.30. The lowest BCUT2D eigenvalue weighted by atomic mass is 9.90. The third-order valence-corrected chi connectivity index (χ3v) is 8.00. The third-order valence-electron chi connectivity index (χ3n) is 8.00. The van der Waals surface area contributed by atoms with Crippen molar-refractivity contribution in [2.75, 3.05) is 58.1 Å². The van der Waals surface area contributed by atoms with E-state index >= 15 is 0 Å². The summed E-state index contributed by atoms with van der Waals surface area (Å²) in [7, 11) is 5.34. The summed E-state index contributed by atoms with van der Waals surface area (Å²) in [5.41, 5.74) is 2.67. The largest absolute Gasteiger partial charge is 0.495 e. The number of ether oxygens (including phenoxy) is 2. The first-order valence-electron chi connectivity index (χ1n) is 15.0. The van der Waals surface area contributed by atoms with E-state index in [0.717, 1.165) is 43.3 Å². The minimum Gasteiger partial charge on any atom is -0.495 e. The van der Waals surface area contributed by atoms with Gasteiger partial charge in [0.05, 0.1) is 37.2 Å². The maximum absolute atomic E-state index is 13.7. The van der Waals surface area contributed by atoms with Gasteiger partial charge in [-0.05, 0) is 82.0 Å². The number of benzene rings is 2. The molecule has 1 aliphatic carbocycles. The van der Waals surface area contributed by atoms with Gasteiger partial charge in [0.2, 0.25) is 0 Å². The van der Waals surface area contributed by atoms with Crippen LogP contribution in [0.2, 0.25) is 0 Å². The van der Waals surface area contributed by atoms with Crippen LogP contribution in [0.1, 0.15) is 48.7 Å². The number of carbonyl (C=O) groups is 1. The first-order valence-corrected chi connectivity index (χ1v) is 15.0. The molecule has 1 aliphatic rings. The van der Waals surface area contributed by atoms with E-state index < -0.39 is 12.7 Å². The zero-order chi connectivity index (χ0) is 31.7. The molecule has 2 aromatic carbocycles. The predicted octanol–water partition coefficient (Wildman–Crippen LogP) is 5.73. The number of likely N-dealkylation sites (N-methyl/N-ethyl adjacent to an activating group) is 1. The maximum atomic E-state index is 13.7. The SMILES string of the molecule is CCNC(=O)c1ccc(NCC#Cc2cc3c(N[C@H]4CC[C@H](N(C)CCOC)CC4)cccc3n2CC(F)(F)F)c(OC)c1. The van der Waals surface area contributed by atoms with Crippen LogP contribution in [0.5, 0.6) is 5.75 Å². The quantitative estimate of drug-likeness (QED) is 0.227. The normalized spacial score (nSPS) is 16.8. The standard InChI is InChI=1S/C33H42F3N5O3/c1-5-37-32(42)23-11-16-29(31(20-23)44-4)38-17-7-8-26-21-27-28(9-6-10-30(27)41(26)22-33(34,35)36)39-24-12-14-25(15-13-24)40(2)18-19-43-3/h6,9-11,16,20-21,24-25,38-39H,5,12-15,17-19,22H2,1-4H3,(H,37,42)/t24-,25-. The fraction of sp³-hybridized carbons (Fsp3) is 0.485. The molecule has 0 atom stereocenters. The van der Waals surface area contributed by atoms with Crippen LogP contribution in [0.3, 0.4) is 0 Å². The molecule has 0 unspecified atom stereocenters. The average Bonchev–Trinajstić information content (AvgIpc) is 3.35. The highest BCUT2D eigenvalue weighted by molar-refractivity contribution is 5.95. The number of aromatic nitrogens is 1. The molecule has 44 heavy (non-hydrogen) atoms. The van der Waals surface area contributed by atoms with Gasteiger partial charge in [0.1, 0.15) is 12.3 Å². The van der Waals surface area contributed by atoms with Crippen molar-refractivity contribution >= 4 is 28.2 Å². The second kappa shape index (κ2) is 15.2. The number of methoxy groups -OCH3 is 2. The summed E-state index contributed by atoms with van der Waals surface area (Å²) in [5, 5.41) is 10.2. The van der Waals surface area contributed by atoms with Crippen LogP contribution in [0, 0.1) is 11.8 Å². The Labute approximate surface area is 257 Å². The summed E-state index contributed by atoms with van der Waals surface area (Å²) in [6, 6.07) is 12.9. The number of alkyl halides is 3. The van der Waals surface area contributed by atoms with Crippen LogP contribution in [0.15, 0.2) is 42.5 Å². The Morgan fingerprint density at radius 2 is 1.86 bits per heavy atom. The molecule has 1 amide bonds. The second-order valence-electron chi connectivity index (χ2n) is 11.0. The van der Waals surface area contributed by atoms with E-state index in [9.17, 15) is 18.0 Å². The number of anilines is 2. The molecule has 238 valence electrons. The summed E-state index contributed by atoms with van der Waals surface area (Å²) in [5.74, 6) is 6.17. The van der Waals surface area contributed by atoms with Crippen molar-refractivity contribution in [3.63, 3.8) is 0 Å². The van der Waals surface area contributed by atoms with Gasteiger partial charge in [-0.2, -0.15) is 13.2 Å². The Morgan fingerprint density at radius 1 is 1.09 bits per heavy atom. The highest BCUT2D eigenvalue weighted by Crippen LogP contribution is 2.33. The van der Waals surface area contributed by atoms with Crippen LogP contribution in [-0.2, 0) is 11.3 Å². The third kappa shape index (κ3) is 8.61. The van der Waals surface area contributed by atoms with E-state index in [1.54, 1.807) is 43.5 Å². The summed E-state index contributed by atoms with van der Waals surface area (Å²) in [6.45, 7) is 2.97. The molecule has 1 fully saturated rings. The summed E-state index contributed by atoms with van der Waals surface area (Å²) in [4.78, 5) is 14.5. The molecule has 1 heterocycles. The number of hydrogen-bond acceptors (Lipinski definition) is 6. The Morgan fingerprint density at radius 3 is 2.55 bits per heavy atom. The van der Waals surface area contributed by atoms with E-state index in [-0.39, 0.29) is 24.2 Å². The molecule has 1 aromatic heterocycles. The van der Waals surface area contributed by atoms with E-state index in [4.69, 9.17) is 9.47 Å². The molecule has 4 rings (SSSR count). The molecular weight excluding hydrogens is 571 g/mol. The van der Waals surface area contributed by atoms with Gasteiger partial charge >= 0.3 is 6.18 Å². The van der Waals surface area contributed by atoms with E-state index in [1.807, 2.05) is 13.0 Å². The number of nitrogens with one attached hydrogen (secondary N) is 3. The topological polar surface area (TPSA) is 79.8 Å². The molecule has 11 heteroatoms. The van der Waals surface area contributed by atoms with E-state index in [0.29, 0.717) is 41.7 Å². The number of nitrogens with zero attached hydrogens (tertiary/aromatic N) is 2. The molecular formula is C33H42F3N5O3. The van der Waals surface area contributed by atoms with Gasteiger partial charge in [0.15, 0.2) is 0 Å². The lowest BCUT2D eigenvalue weighted by molar-refractivity contribution is -0.140. The highest BCUT2D eigenvalue weighted by atomic mass is 19.4. The Bertz CT molecular complexity index is 1470. The molecule has 3 N–H and O–H groups in total. The van der Waals surface area contributed by atoms with Gasteiger partial charge < -0.3 is 34.9 Å². The van der Waals surface area contributed by atoms with Crippen molar-refractivity contribution < 1.29 is 27.4 Å². The van der Waals surface area contributed by atoms with Crippen LogP contribution < -0.4 is 20.7 Å². The molecule has 0 spiro atoms. The average molecular weight is 614 g/mol. The second-order valence-corrected chi connectivity index (χ2v) is 11.0. The van der Waals surface area contributed by atoms with Gasteiger partial charge in [0.25, 0.3) is 5.91 Å². The van der Waals surface area contributed by atoms with Gasteiger partial charge in [-0.15, -0.1) is 0 Å². The van der Waals surface area contributed by atoms with Gasteiger partial charge in [-0.3, -0.25) is 4.79 Å². The molecule has 3 aromatic rings. The first-order chi connectivity index (χ1) is 21.1. The Hall–Kier alpha value is -3.88. The van der Waals surface area contributed by atoms with Crippen molar-refractivity contribution in [1.82, 2.24) is 14.8 Å². The lowest BCUT2D eigenvalue weighted by Crippen LogP contribution is -2.39. The van der Waals surface area contributed by atoms with Crippen LogP contribution in [0.4, 0.5) is 24.5 Å². The number of fused-ring (bicyclic) bond motifs is 1. The fourth-order valence-corrected chi connectivity index (χ4v) is 5.68. The predicted molar refractivity (Wildman–Crippen MR) is 169 cm³/mol. The summed E-state index contributed by atoms with van der Waals surface area (Å²) in [6.07, 6.45) is -0.351. The minimum atomic E-state index is -4.41. The summed E-state index contributed by atoms with van der Waals surface area (Å²) >= 11 is 0. The molecule has 0 saturated heterocycles. The molecule has 1 saturated carbocycles. The van der Waals surface area contributed by atoms with Crippen molar-refractivity contribution in [1.29, 1.82) is 0 Å². The van der Waals surface area contributed by atoms with Crippen molar-refractivity contribution in [3.05, 3.63) is 53.7 Å². The number of hydrogen-bond donors (Lipinski definition) is 3. The monoisotopic (exact) mass is 613 g/mol. The van der Waals surface area contributed by atoms with E-state index in [2.05, 4.69) is 39.7 Å². The van der Waals surface area contributed by atoms with Crippen LogP contribution in [0.25, 0.3) is 10.9 Å². The van der Waals surface area contributed by atoms with E-state index in [1.165, 1.54) is 11.7 Å². The zero-order valence-corrected chi connectivity index (χ0v) is 25.8. The Balaban J connectivity index is 1.50. The minimum absolute atomic E-state index is 0.164. The molecule has 0 aliphatic heterocycles. The zero-order valence-electron chi connectivity index (χ0n) is 25.8. The summed E-state index contributed by atoms with van der Waals surface area (Å²) < 4.78 is 52.8. The molecule has 0 bridgehead atoms. The number of halogens is 3. The lowest BCUT2D eigenvalue weighted by Gasteiger charge is -2.35.